The average Bonchev–Trinajstić information content (AvgIpc) is 3.34. The summed E-state index contributed by atoms with van der Waals surface area (Å²) in [5, 5.41) is 13.7. The molecule has 0 unspecified atom stereocenters. The Morgan fingerprint density at radius 2 is 1.88 bits per heavy atom. The molecule has 4 aromatic rings. The van der Waals surface area contributed by atoms with Gasteiger partial charge >= 0.3 is 0 Å². The van der Waals surface area contributed by atoms with Gasteiger partial charge in [0.25, 0.3) is 0 Å². The molecular formula is C27H29N5S. The van der Waals surface area contributed by atoms with Crippen LogP contribution in [0, 0.1) is 13.8 Å². The number of rotatable bonds is 6. The fourth-order valence-electron chi connectivity index (χ4n) is 4.43. The third-order valence-corrected chi connectivity index (χ3v) is 6.99. The first-order chi connectivity index (χ1) is 16.1. The molecule has 2 aromatic carbocycles. The number of hydrogen-bond acceptors (Lipinski definition) is 6. The molecule has 3 N–H and O–H groups in total. The Morgan fingerprint density at radius 3 is 2.61 bits per heavy atom. The lowest BCUT2D eigenvalue weighted by Gasteiger charge is -2.19. The van der Waals surface area contributed by atoms with Gasteiger partial charge in [0.15, 0.2) is 0 Å². The zero-order valence-corrected chi connectivity index (χ0v) is 20.1. The maximum atomic E-state index is 5.01. The van der Waals surface area contributed by atoms with E-state index >= 15 is 0 Å². The van der Waals surface area contributed by atoms with Crippen LogP contribution in [-0.4, -0.2) is 23.1 Å². The lowest BCUT2D eigenvalue weighted by molar-refractivity contribution is 0.739. The SMILES string of the molecule is Cc1cc(C)cc(Nc2nc(N[C@H](C)c3cccs3)c3cccc(C4=CCNCC4)c3n2)c1. The molecule has 0 radical (unpaired) electrons. The van der Waals surface area contributed by atoms with Crippen LogP contribution in [0.2, 0.25) is 0 Å². The third kappa shape index (κ3) is 4.77. The normalized spacial score (nSPS) is 14.7. The summed E-state index contributed by atoms with van der Waals surface area (Å²) in [6.07, 6.45) is 3.27. The van der Waals surface area contributed by atoms with Gasteiger partial charge in [-0.25, -0.2) is 4.98 Å². The third-order valence-electron chi connectivity index (χ3n) is 5.94. The van der Waals surface area contributed by atoms with E-state index in [0.717, 1.165) is 41.9 Å². The van der Waals surface area contributed by atoms with Gasteiger partial charge in [-0.3, -0.25) is 0 Å². The molecule has 168 valence electrons. The summed E-state index contributed by atoms with van der Waals surface area (Å²) >= 11 is 1.75. The van der Waals surface area contributed by atoms with Gasteiger partial charge in [-0.1, -0.05) is 30.3 Å². The Kier molecular flexibility index (Phi) is 6.11. The van der Waals surface area contributed by atoms with Crippen LogP contribution in [0.15, 0.2) is 60.0 Å². The van der Waals surface area contributed by atoms with Crippen molar-refractivity contribution in [1.29, 1.82) is 0 Å². The molecule has 1 atom stereocenters. The summed E-state index contributed by atoms with van der Waals surface area (Å²) < 4.78 is 0. The number of benzene rings is 2. The summed E-state index contributed by atoms with van der Waals surface area (Å²) in [5.41, 5.74) is 6.93. The summed E-state index contributed by atoms with van der Waals surface area (Å²) in [4.78, 5) is 11.2. The average molecular weight is 456 g/mol. The molecule has 0 amide bonds. The van der Waals surface area contributed by atoms with Crippen molar-refractivity contribution >= 4 is 45.3 Å². The Balaban J connectivity index is 1.62. The van der Waals surface area contributed by atoms with E-state index < -0.39 is 0 Å². The molecule has 0 saturated carbocycles. The molecule has 2 aromatic heterocycles. The van der Waals surface area contributed by atoms with E-state index in [0.29, 0.717) is 5.95 Å². The van der Waals surface area contributed by atoms with Crippen LogP contribution < -0.4 is 16.0 Å². The van der Waals surface area contributed by atoms with Crippen LogP contribution in [0.5, 0.6) is 0 Å². The largest absolute Gasteiger partial charge is 0.362 e. The number of anilines is 3. The molecule has 0 bridgehead atoms. The Hall–Kier alpha value is -3.22. The maximum absolute atomic E-state index is 5.01. The molecule has 6 heteroatoms. The summed E-state index contributed by atoms with van der Waals surface area (Å²) in [6.45, 7) is 8.27. The second-order valence-corrected chi connectivity index (χ2v) is 9.64. The Labute approximate surface area is 199 Å². The summed E-state index contributed by atoms with van der Waals surface area (Å²) in [7, 11) is 0. The molecule has 5 nitrogen and oxygen atoms in total. The van der Waals surface area contributed by atoms with Crippen LogP contribution in [0.1, 0.15) is 41.0 Å². The van der Waals surface area contributed by atoms with Crippen molar-refractivity contribution in [3.63, 3.8) is 0 Å². The molecule has 0 spiro atoms. The van der Waals surface area contributed by atoms with E-state index in [1.165, 1.54) is 27.1 Å². The maximum Gasteiger partial charge on any atom is 0.229 e. The highest BCUT2D eigenvalue weighted by atomic mass is 32.1. The lowest BCUT2D eigenvalue weighted by atomic mass is 9.97. The molecule has 3 heterocycles. The number of aryl methyl sites for hydroxylation is 2. The predicted octanol–water partition coefficient (Wildman–Crippen LogP) is 6.60. The number of nitrogens with zero attached hydrogens (tertiary/aromatic N) is 2. The molecular weight excluding hydrogens is 426 g/mol. The van der Waals surface area contributed by atoms with Crippen LogP contribution >= 0.6 is 11.3 Å². The summed E-state index contributed by atoms with van der Waals surface area (Å²) in [6, 6.07) is 17.2. The first-order valence-electron chi connectivity index (χ1n) is 11.4. The fraction of sp³-hybridized carbons (Fsp3) is 0.259. The van der Waals surface area contributed by atoms with Crippen molar-refractivity contribution in [3.8, 4) is 0 Å². The first-order valence-corrected chi connectivity index (χ1v) is 12.3. The predicted molar refractivity (Wildman–Crippen MR) is 141 cm³/mol. The van der Waals surface area contributed by atoms with Crippen molar-refractivity contribution in [2.75, 3.05) is 23.7 Å². The standard InChI is InChI=1S/C27H29N5S/c1-17-14-18(2)16-21(15-17)30-27-31-25-22(20-9-11-28-12-10-20)6-4-7-23(25)26(32-27)29-19(3)24-8-5-13-33-24/h4-9,13-16,19,28H,10-12H2,1-3H3,(H2,29,30,31,32)/t19-/m1/s1. The highest BCUT2D eigenvalue weighted by Crippen LogP contribution is 2.33. The number of hydrogen-bond donors (Lipinski definition) is 3. The van der Waals surface area contributed by atoms with Gasteiger partial charge in [0.05, 0.1) is 11.6 Å². The molecule has 0 aliphatic carbocycles. The van der Waals surface area contributed by atoms with Crippen molar-refractivity contribution in [3.05, 3.63) is 81.6 Å². The van der Waals surface area contributed by atoms with Crippen LogP contribution in [0.4, 0.5) is 17.5 Å². The van der Waals surface area contributed by atoms with Crippen LogP contribution in [0.3, 0.4) is 0 Å². The zero-order chi connectivity index (χ0) is 22.8. The van der Waals surface area contributed by atoms with Crippen LogP contribution in [-0.2, 0) is 0 Å². The number of thiophene rings is 1. The molecule has 1 aliphatic rings. The van der Waals surface area contributed by atoms with E-state index in [1.807, 2.05) is 0 Å². The lowest BCUT2D eigenvalue weighted by Crippen LogP contribution is -2.20. The van der Waals surface area contributed by atoms with Crippen LogP contribution in [0.25, 0.3) is 16.5 Å². The molecule has 1 aliphatic heterocycles. The molecule has 0 saturated heterocycles. The van der Waals surface area contributed by atoms with Gasteiger partial charge < -0.3 is 16.0 Å². The van der Waals surface area contributed by atoms with Crippen molar-refractivity contribution in [2.24, 2.45) is 0 Å². The zero-order valence-electron chi connectivity index (χ0n) is 19.3. The Bertz CT molecular complexity index is 1290. The smallest absolute Gasteiger partial charge is 0.229 e. The van der Waals surface area contributed by atoms with Gasteiger partial charge in [-0.05, 0) is 80.1 Å². The van der Waals surface area contributed by atoms with E-state index in [4.69, 9.17) is 9.97 Å². The monoisotopic (exact) mass is 455 g/mol. The topological polar surface area (TPSA) is 61.9 Å². The minimum absolute atomic E-state index is 0.152. The van der Waals surface area contributed by atoms with E-state index in [-0.39, 0.29) is 6.04 Å². The van der Waals surface area contributed by atoms with E-state index in [2.05, 4.69) is 96.7 Å². The van der Waals surface area contributed by atoms with E-state index in [1.54, 1.807) is 11.3 Å². The van der Waals surface area contributed by atoms with Gasteiger partial charge in [0.2, 0.25) is 5.95 Å². The van der Waals surface area contributed by atoms with Crippen molar-refractivity contribution < 1.29 is 0 Å². The minimum atomic E-state index is 0.152. The second-order valence-electron chi connectivity index (χ2n) is 8.66. The number of para-hydroxylation sites is 1. The minimum Gasteiger partial charge on any atom is -0.362 e. The fourth-order valence-corrected chi connectivity index (χ4v) is 5.17. The van der Waals surface area contributed by atoms with Gasteiger partial charge in [0, 0.05) is 28.1 Å². The van der Waals surface area contributed by atoms with Gasteiger partial charge in [-0.2, -0.15) is 4.98 Å². The number of fused-ring (bicyclic) bond motifs is 1. The second kappa shape index (κ2) is 9.33. The highest BCUT2D eigenvalue weighted by Gasteiger charge is 2.17. The van der Waals surface area contributed by atoms with E-state index in [9.17, 15) is 0 Å². The molecule has 33 heavy (non-hydrogen) atoms. The highest BCUT2D eigenvalue weighted by molar-refractivity contribution is 7.10. The van der Waals surface area contributed by atoms with Gasteiger partial charge in [-0.15, -0.1) is 11.3 Å². The molecule has 0 fully saturated rings. The molecule has 5 rings (SSSR count). The Morgan fingerprint density at radius 1 is 1.03 bits per heavy atom. The van der Waals surface area contributed by atoms with Gasteiger partial charge in [0.1, 0.15) is 5.82 Å². The number of nitrogens with one attached hydrogen (secondary N) is 3. The summed E-state index contributed by atoms with van der Waals surface area (Å²) in [5.74, 6) is 1.46. The van der Waals surface area contributed by atoms with Crippen molar-refractivity contribution in [2.45, 2.75) is 33.2 Å². The first kappa shape index (κ1) is 21.6. The van der Waals surface area contributed by atoms with Crippen molar-refractivity contribution in [1.82, 2.24) is 15.3 Å². The quantitative estimate of drug-likeness (QED) is 0.306. The number of aromatic nitrogens is 2.